The molecule has 0 aromatic heterocycles. The minimum Gasteiger partial charge on any atom is -0.310 e. The molecule has 0 saturated heterocycles. The van der Waals surface area contributed by atoms with Crippen LogP contribution in [0.15, 0.2) is 24.3 Å². The lowest BCUT2D eigenvalue weighted by atomic mass is 10.0. The van der Waals surface area contributed by atoms with Crippen LogP contribution in [0.4, 0.5) is 5.69 Å². The average Bonchev–Trinajstić information content (AvgIpc) is 3.25. The molecule has 0 unspecified atom stereocenters. The first kappa shape index (κ1) is 14.0. The summed E-state index contributed by atoms with van der Waals surface area (Å²) < 4.78 is 0. The van der Waals surface area contributed by atoms with Crippen LogP contribution in [0.2, 0.25) is 0 Å². The molecule has 1 aromatic carbocycles. The highest BCUT2D eigenvalue weighted by Gasteiger charge is 2.37. The van der Waals surface area contributed by atoms with E-state index in [1.165, 1.54) is 12.8 Å². The van der Waals surface area contributed by atoms with Crippen LogP contribution in [0.25, 0.3) is 0 Å². The van der Waals surface area contributed by atoms with Gasteiger partial charge in [-0.25, -0.2) is 0 Å². The maximum absolute atomic E-state index is 12.2. The zero-order valence-electron chi connectivity index (χ0n) is 12.5. The van der Waals surface area contributed by atoms with Crippen molar-refractivity contribution in [2.45, 2.75) is 32.7 Å². The van der Waals surface area contributed by atoms with Gasteiger partial charge in [-0.1, -0.05) is 12.6 Å². The Morgan fingerprint density at radius 2 is 2.05 bits per heavy atom. The van der Waals surface area contributed by atoms with Crippen LogP contribution in [0, 0.1) is 13.8 Å². The maximum Gasteiger partial charge on any atom is 0.299 e. The number of Topliss-reactive ketones (excluding diaryl/α,β-unsaturated/α-hetero) is 1. The van der Waals surface area contributed by atoms with Crippen LogP contribution in [0.3, 0.4) is 0 Å². The first-order valence-corrected chi connectivity index (χ1v) is 7.35. The van der Waals surface area contributed by atoms with Crippen LogP contribution < -0.4 is 10.2 Å². The molecule has 2 aliphatic rings. The standard InChI is InChI=1S/C17H20N2O2/c1-10(8-18-13-5-6-13)9-19-15-12(3)11(2)4-7-14(15)16(20)17(19)21/h4,7,13,18H,1,5-6,8-9H2,2-3H3. The summed E-state index contributed by atoms with van der Waals surface area (Å²) in [6.07, 6.45) is 2.44. The van der Waals surface area contributed by atoms with Crippen molar-refractivity contribution in [3.8, 4) is 0 Å². The lowest BCUT2D eigenvalue weighted by molar-refractivity contribution is -0.114. The Morgan fingerprint density at radius 1 is 1.33 bits per heavy atom. The van der Waals surface area contributed by atoms with Gasteiger partial charge in [-0.2, -0.15) is 0 Å². The molecular formula is C17H20N2O2. The van der Waals surface area contributed by atoms with E-state index in [2.05, 4.69) is 11.9 Å². The summed E-state index contributed by atoms with van der Waals surface area (Å²) in [4.78, 5) is 25.9. The third kappa shape index (κ3) is 2.51. The summed E-state index contributed by atoms with van der Waals surface area (Å²) >= 11 is 0. The van der Waals surface area contributed by atoms with Crippen molar-refractivity contribution < 1.29 is 9.59 Å². The Bertz CT molecular complexity index is 644. The molecule has 1 N–H and O–H groups in total. The number of anilines is 1. The second-order valence-corrected chi connectivity index (χ2v) is 6.03. The number of nitrogens with one attached hydrogen (secondary N) is 1. The highest BCUT2D eigenvalue weighted by molar-refractivity contribution is 6.52. The molecule has 0 bridgehead atoms. The molecule has 4 heteroatoms. The minimum absolute atomic E-state index is 0.404. The number of ketones is 1. The molecule has 1 fully saturated rings. The Hall–Kier alpha value is -1.94. The SMILES string of the molecule is C=C(CNC1CC1)CN1C(=O)C(=O)c2ccc(C)c(C)c21. The molecule has 21 heavy (non-hydrogen) atoms. The third-order valence-electron chi connectivity index (χ3n) is 4.26. The van der Waals surface area contributed by atoms with E-state index in [1.807, 2.05) is 19.9 Å². The molecule has 3 rings (SSSR count). The van der Waals surface area contributed by atoms with Gasteiger partial charge in [-0.3, -0.25) is 9.59 Å². The van der Waals surface area contributed by atoms with E-state index in [0.717, 1.165) is 22.4 Å². The van der Waals surface area contributed by atoms with E-state index in [1.54, 1.807) is 11.0 Å². The number of nitrogens with zero attached hydrogens (tertiary/aromatic N) is 1. The lowest BCUT2D eigenvalue weighted by Crippen LogP contribution is -2.34. The van der Waals surface area contributed by atoms with Crippen LogP contribution in [-0.2, 0) is 4.79 Å². The van der Waals surface area contributed by atoms with Crippen molar-refractivity contribution in [1.29, 1.82) is 0 Å². The molecule has 1 aliphatic heterocycles. The number of hydrogen-bond donors (Lipinski definition) is 1. The van der Waals surface area contributed by atoms with E-state index in [0.29, 0.717) is 24.7 Å². The Balaban J connectivity index is 1.82. The normalized spacial score (nSPS) is 17.3. The van der Waals surface area contributed by atoms with Crippen molar-refractivity contribution in [3.05, 3.63) is 41.0 Å². The molecule has 1 heterocycles. The largest absolute Gasteiger partial charge is 0.310 e. The highest BCUT2D eigenvalue weighted by Crippen LogP contribution is 2.34. The zero-order chi connectivity index (χ0) is 15.1. The van der Waals surface area contributed by atoms with E-state index < -0.39 is 11.7 Å². The molecule has 0 radical (unpaired) electrons. The molecule has 1 aromatic rings. The van der Waals surface area contributed by atoms with Gasteiger partial charge in [0.2, 0.25) is 0 Å². The number of rotatable bonds is 5. The van der Waals surface area contributed by atoms with Crippen molar-refractivity contribution >= 4 is 17.4 Å². The predicted octanol–water partition coefficient (Wildman–Crippen LogP) is 2.14. The van der Waals surface area contributed by atoms with Gasteiger partial charge in [0.05, 0.1) is 11.3 Å². The van der Waals surface area contributed by atoms with Gasteiger partial charge in [0.1, 0.15) is 0 Å². The van der Waals surface area contributed by atoms with E-state index >= 15 is 0 Å². The fourth-order valence-corrected chi connectivity index (χ4v) is 2.68. The van der Waals surface area contributed by atoms with Gasteiger partial charge in [-0.05, 0) is 49.5 Å². The smallest absolute Gasteiger partial charge is 0.299 e. The molecular weight excluding hydrogens is 264 g/mol. The maximum atomic E-state index is 12.2. The number of benzene rings is 1. The number of hydrogen-bond acceptors (Lipinski definition) is 3. The first-order chi connectivity index (χ1) is 9.99. The minimum atomic E-state index is -0.439. The molecule has 0 atom stereocenters. The van der Waals surface area contributed by atoms with Crippen LogP contribution in [0.5, 0.6) is 0 Å². The quantitative estimate of drug-likeness (QED) is 0.666. The predicted molar refractivity (Wildman–Crippen MR) is 82.8 cm³/mol. The summed E-state index contributed by atoms with van der Waals surface area (Å²) in [5.41, 5.74) is 4.29. The van der Waals surface area contributed by atoms with Crippen molar-refractivity contribution in [1.82, 2.24) is 5.32 Å². The van der Waals surface area contributed by atoms with E-state index in [4.69, 9.17) is 0 Å². The van der Waals surface area contributed by atoms with Gasteiger partial charge in [-0.15, -0.1) is 0 Å². The molecule has 1 amide bonds. The van der Waals surface area contributed by atoms with Crippen LogP contribution in [0.1, 0.15) is 34.3 Å². The van der Waals surface area contributed by atoms with Crippen molar-refractivity contribution in [3.63, 3.8) is 0 Å². The Labute approximate surface area is 124 Å². The molecule has 110 valence electrons. The van der Waals surface area contributed by atoms with Gasteiger partial charge in [0.15, 0.2) is 0 Å². The highest BCUT2D eigenvalue weighted by atomic mass is 16.2. The summed E-state index contributed by atoms with van der Waals surface area (Å²) in [6, 6.07) is 4.25. The van der Waals surface area contributed by atoms with Crippen molar-refractivity contribution in [2.75, 3.05) is 18.0 Å². The molecule has 1 aliphatic carbocycles. The fourth-order valence-electron chi connectivity index (χ4n) is 2.68. The average molecular weight is 284 g/mol. The lowest BCUT2D eigenvalue weighted by Gasteiger charge is -2.21. The Morgan fingerprint density at radius 3 is 2.71 bits per heavy atom. The number of carbonyl (C=O) groups is 2. The van der Waals surface area contributed by atoms with Gasteiger partial charge < -0.3 is 10.2 Å². The first-order valence-electron chi connectivity index (χ1n) is 7.35. The molecule has 1 saturated carbocycles. The second-order valence-electron chi connectivity index (χ2n) is 6.03. The van der Waals surface area contributed by atoms with E-state index in [9.17, 15) is 9.59 Å². The van der Waals surface area contributed by atoms with Crippen LogP contribution in [-0.4, -0.2) is 30.8 Å². The van der Waals surface area contributed by atoms with E-state index in [-0.39, 0.29) is 0 Å². The number of aryl methyl sites for hydroxylation is 1. The van der Waals surface area contributed by atoms with Crippen molar-refractivity contribution in [2.24, 2.45) is 0 Å². The number of amides is 1. The third-order valence-corrected chi connectivity index (χ3v) is 4.26. The number of fused-ring (bicyclic) bond motifs is 1. The Kier molecular flexibility index (Phi) is 3.41. The fraction of sp³-hybridized carbons (Fsp3) is 0.412. The second kappa shape index (κ2) is 5.11. The molecule has 0 spiro atoms. The zero-order valence-corrected chi connectivity index (χ0v) is 12.5. The summed E-state index contributed by atoms with van der Waals surface area (Å²) in [6.45, 7) is 9.08. The monoisotopic (exact) mass is 284 g/mol. The topological polar surface area (TPSA) is 49.4 Å². The number of carbonyl (C=O) groups excluding carboxylic acids is 2. The van der Waals surface area contributed by atoms with Gasteiger partial charge >= 0.3 is 0 Å². The summed E-state index contributed by atoms with van der Waals surface area (Å²) in [5, 5.41) is 3.38. The summed E-state index contributed by atoms with van der Waals surface area (Å²) in [5.74, 6) is -0.845. The molecule has 4 nitrogen and oxygen atoms in total. The van der Waals surface area contributed by atoms with Gasteiger partial charge in [0, 0.05) is 19.1 Å². The van der Waals surface area contributed by atoms with Crippen LogP contribution >= 0.6 is 0 Å². The van der Waals surface area contributed by atoms with Gasteiger partial charge in [0.25, 0.3) is 11.7 Å². The summed E-state index contributed by atoms with van der Waals surface area (Å²) in [7, 11) is 0.